The molecular weight excluding hydrogens is 270 g/mol. The quantitative estimate of drug-likeness (QED) is 0.803. The molecule has 0 bridgehead atoms. The van der Waals surface area contributed by atoms with Crippen LogP contribution in [0.15, 0.2) is 34.8 Å². The molecule has 0 radical (unpaired) electrons. The van der Waals surface area contributed by atoms with Gasteiger partial charge in [0.25, 0.3) is 0 Å². The number of amides is 1. The Morgan fingerprint density at radius 3 is 3.00 bits per heavy atom. The van der Waals surface area contributed by atoms with Crippen molar-refractivity contribution in [3.05, 3.63) is 46.0 Å². The maximum Gasteiger partial charge on any atom is 0.248 e. The molecule has 2 rings (SSSR count). The van der Waals surface area contributed by atoms with Crippen molar-refractivity contribution >= 4 is 21.8 Å². The lowest BCUT2D eigenvalue weighted by Crippen LogP contribution is -2.27. The van der Waals surface area contributed by atoms with E-state index < -0.39 is 6.23 Å². The van der Waals surface area contributed by atoms with Crippen LogP contribution in [0.25, 0.3) is 0 Å². The van der Waals surface area contributed by atoms with Gasteiger partial charge in [-0.3, -0.25) is 4.79 Å². The van der Waals surface area contributed by atoms with E-state index in [-0.39, 0.29) is 5.91 Å². The Morgan fingerprint density at radius 2 is 2.38 bits per heavy atom. The SMILES string of the molecule is C/C=C/C(=O)N1Cc2c(Br)cccc2C1O. The molecule has 1 N–H and O–H groups in total. The summed E-state index contributed by atoms with van der Waals surface area (Å²) in [5, 5.41) is 10.0. The molecule has 1 aromatic rings. The van der Waals surface area contributed by atoms with Gasteiger partial charge in [-0.2, -0.15) is 0 Å². The van der Waals surface area contributed by atoms with Gasteiger partial charge in [-0.25, -0.2) is 0 Å². The second kappa shape index (κ2) is 4.39. The molecule has 1 atom stereocenters. The van der Waals surface area contributed by atoms with Crippen molar-refractivity contribution in [2.75, 3.05) is 0 Å². The average molecular weight is 282 g/mol. The Bertz CT molecular complexity index is 456. The summed E-state index contributed by atoms with van der Waals surface area (Å²) in [6.07, 6.45) is 2.30. The van der Waals surface area contributed by atoms with E-state index in [1.807, 2.05) is 18.2 Å². The molecule has 1 unspecified atom stereocenters. The first-order valence-corrected chi connectivity index (χ1v) is 5.83. The van der Waals surface area contributed by atoms with E-state index in [1.54, 1.807) is 13.0 Å². The number of rotatable bonds is 1. The van der Waals surface area contributed by atoms with E-state index >= 15 is 0 Å². The van der Waals surface area contributed by atoms with Crippen LogP contribution >= 0.6 is 15.9 Å². The van der Waals surface area contributed by atoms with Gasteiger partial charge in [0.1, 0.15) is 0 Å². The fraction of sp³-hybridized carbons (Fsp3) is 0.250. The third kappa shape index (κ3) is 1.79. The number of aliphatic hydroxyl groups is 1. The van der Waals surface area contributed by atoms with E-state index in [4.69, 9.17) is 0 Å². The molecule has 0 aromatic heterocycles. The Kier molecular flexibility index (Phi) is 3.12. The highest BCUT2D eigenvalue weighted by Gasteiger charge is 2.31. The third-order valence-electron chi connectivity index (χ3n) is 2.65. The van der Waals surface area contributed by atoms with Crippen molar-refractivity contribution in [3.63, 3.8) is 0 Å². The van der Waals surface area contributed by atoms with Crippen LogP contribution < -0.4 is 0 Å². The molecular formula is C12H12BrNO2. The van der Waals surface area contributed by atoms with Crippen LogP contribution in [0.4, 0.5) is 0 Å². The zero-order valence-electron chi connectivity index (χ0n) is 8.85. The van der Waals surface area contributed by atoms with Gasteiger partial charge in [-0.1, -0.05) is 34.1 Å². The number of benzene rings is 1. The highest BCUT2D eigenvalue weighted by Crippen LogP contribution is 2.35. The smallest absolute Gasteiger partial charge is 0.248 e. The number of nitrogens with zero attached hydrogens (tertiary/aromatic N) is 1. The zero-order chi connectivity index (χ0) is 11.7. The molecule has 16 heavy (non-hydrogen) atoms. The fourth-order valence-corrected chi connectivity index (χ4v) is 2.35. The molecule has 0 saturated heterocycles. The number of hydrogen-bond donors (Lipinski definition) is 1. The van der Waals surface area contributed by atoms with E-state index in [2.05, 4.69) is 15.9 Å². The molecule has 0 aliphatic carbocycles. The first-order valence-electron chi connectivity index (χ1n) is 5.03. The molecule has 0 saturated carbocycles. The number of hydrogen-bond acceptors (Lipinski definition) is 2. The molecule has 3 nitrogen and oxygen atoms in total. The van der Waals surface area contributed by atoms with Gasteiger partial charge in [0.2, 0.25) is 5.91 Å². The number of halogens is 1. The van der Waals surface area contributed by atoms with Crippen molar-refractivity contribution in [2.45, 2.75) is 19.7 Å². The van der Waals surface area contributed by atoms with Gasteiger partial charge in [0, 0.05) is 10.0 Å². The van der Waals surface area contributed by atoms with E-state index in [1.165, 1.54) is 11.0 Å². The van der Waals surface area contributed by atoms with Crippen LogP contribution in [0.2, 0.25) is 0 Å². The Labute approximate surface area is 103 Å². The maximum absolute atomic E-state index is 11.7. The number of carbonyl (C=O) groups is 1. The van der Waals surface area contributed by atoms with Crippen molar-refractivity contribution in [1.29, 1.82) is 0 Å². The van der Waals surface area contributed by atoms with Crippen LogP contribution in [0, 0.1) is 0 Å². The van der Waals surface area contributed by atoms with Gasteiger partial charge < -0.3 is 10.0 Å². The number of aliphatic hydroxyl groups excluding tert-OH is 1. The summed E-state index contributed by atoms with van der Waals surface area (Å²) in [6, 6.07) is 5.61. The molecule has 4 heteroatoms. The summed E-state index contributed by atoms with van der Waals surface area (Å²) >= 11 is 3.42. The number of fused-ring (bicyclic) bond motifs is 1. The molecule has 84 valence electrons. The lowest BCUT2D eigenvalue weighted by Gasteiger charge is -2.18. The summed E-state index contributed by atoms with van der Waals surface area (Å²) in [7, 11) is 0. The Balaban J connectivity index is 2.34. The molecule has 1 aliphatic heterocycles. The van der Waals surface area contributed by atoms with Gasteiger partial charge in [-0.05, 0) is 24.6 Å². The molecule has 1 aliphatic rings. The lowest BCUT2D eigenvalue weighted by atomic mass is 10.1. The summed E-state index contributed by atoms with van der Waals surface area (Å²) < 4.78 is 0.930. The van der Waals surface area contributed by atoms with Gasteiger partial charge in [0.15, 0.2) is 6.23 Å². The third-order valence-corrected chi connectivity index (χ3v) is 3.39. The molecule has 1 amide bonds. The second-order valence-electron chi connectivity index (χ2n) is 3.65. The average Bonchev–Trinajstić information content (AvgIpc) is 2.59. The highest BCUT2D eigenvalue weighted by molar-refractivity contribution is 9.10. The maximum atomic E-state index is 11.7. The zero-order valence-corrected chi connectivity index (χ0v) is 10.4. The van der Waals surface area contributed by atoms with E-state index in [0.717, 1.165) is 15.6 Å². The normalized spacial score (nSPS) is 19.2. The van der Waals surface area contributed by atoms with Gasteiger partial charge in [0.05, 0.1) is 6.54 Å². The molecule has 0 fully saturated rings. The van der Waals surface area contributed by atoms with Gasteiger partial charge >= 0.3 is 0 Å². The lowest BCUT2D eigenvalue weighted by molar-refractivity contribution is -0.135. The van der Waals surface area contributed by atoms with Crippen molar-refractivity contribution < 1.29 is 9.90 Å². The minimum absolute atomic E-state index is 0.168. The summed E-state index contributed by atoms with van der Waals surface area (Å²) in [4.78, 5) is 13.1. The van der Waals surface area contributed by atoms with E-state index in [0.29, 0.717) is 6.54 Å². The summed E-state index contributed by atoms with van der Waals surface area (Å²) in [6.45, 7) is 2.23. The van der Waals surface area contributed by atoms with Crippen LogP contribution in [0.3, 0.4) is 0 Å². The summed E-state index contributed by atoms with van der Waals surface area (Å²) in [5.74, 6) is -0.168. The second-order valence-corrected chi connectivity index (χ2v) is 4.50. The van der Waals surface area contributed by atoms with Crippen LogP contribution in [-0.2, 0) is 11.3 Å². The predicted molar refractivity (Wildman–Crippen MR) is 64.5 cm³/mol. The van der Waals surface area contributed by atoms with Gasteiger partial charge in [-0.15, -0.1) is 0 Å². The van der Waals surface area contributed by atoms with Crippen LogP contribution in [0.5, 0.6) is 0 Å². The summed E-state index contributed by atoms with van der Waals surface area (Å²) in [5.41, 5.74) is 1.78. The molecule has 1 heterocycles. The standard InChI is InChI=1S/C12H12BrNO2/c1-2-4-11(15)14-7-9-8(12(14)16)5-3-6-10(9)13/h2-6,12,16H,7H2,1H3/b4-2+. The first kappa shape index (κ1) is 11.4. The number of carbonyl (C=O) groups excluding carboxylic acids is 1. The van der Waals surface area contributed by atoms with Crippen LogP contribution in [-0.4, -0.2) is 15.9 Å². The highest BCUT2D eigenvalue weighted by atomic mass is 79.9. The molecule has 1 aromatic carbocycles. The fourth-order valence-electron chi connectivity index (χ4n) is 1.85. The molecule has 0 spiro atoms. The largest absolute Gasteiger partial charge is 0.369 e. The topological polar surface area (TPSA) is 40.5 Å². The Hall–Kier alpha value is -1.13. The first-order chi connectivity index (χ1) is 7.65. The van der Waals surface area contributed by atoms with Crippen molar-refractivity contribution in [3.8, 4) is 0 Å². The van der Waals surface area contributed by atoms with Crippen LogP contribution in [0.1, 0.15) is 24.3 Å². The monoisotopic (exact) mass is 281 g/mol. The van der Waals surface area contributed by atoms with Crippen molar-refractivity contribution in [2.24, 2.45) is 0 Å². The minimum atomic E-state index is -0.837. The minimum Gasteiger partial charge on any atom is -0.369 e. The van der Waals surface area contributed by atoms with Crippen molar-refractivity contribution in [1.82, 2.24) is 4.90 Å². The van der Waals surface area contributed by atoms with E-state index in [9.17, 15) is 9.90 Å². The Morgan fingerprint density at radius 1 is 1.62 bits per heavy atom. The number of allylic oxidation sites excluding steroid dienone is 1. The predicted octanol–water partition coefficient (Wildman–Crippen LogP) is 2.36.